The Hall–Kier alpha value is -1.21. The van der Waals surface area contributed by atoms with Crippen molar-refractivity contribution in [1.29, 1.82) is 0 Å². The van der Waals surface area contributed by atoms with Gasteiger partial charge in [-0.1, -0.05) is 0 Å². The molecule has 3 unspecified atom stereocenters. The van der Waals surface area contributed by atoms with Gasteiger partial charge < -0.3 is 15.4 Å². The van der Waals surface area contributed by atoms with Crippen LogP contribution in [0, 0.1) is 0 Å². The van der Waals surface area contributed by atoms with Crippen molar-refractivity contribution in [3.63, 3.8) is 0 Å². The van der Waals surface area contributed by atoms with Crippen LogP contribution in [0.4, 0.5) is 4.79 Å². The fourth-order valence-electron chi connectivity index (χ4n) is 2.87. The maximum absolute atomic E-state index is 12.3. The van der Waals surface area contributed by atoms with Crippen molar-refractivity contribution in [3.05, 3.63) is 22.4 Å². The molecule has 1 aromatic heterocycles. The third kappa shape index (κ3) is 4.88. The van der Waals surface area contributed by atoms with Gasteiger partial charge in [0.25, 0.3) is 0 Å². The van der Waals surface area contributed by atoms with Crippen molar-refractivity contribution in [3.8, 4) is 0 Å². The smallest absolute Gasteiger partial charge is 0.410 e. The molecule has 2 N–H and O–H groups in total. The topological polar surface area (TPSA) is 81.3 Å². The predicted molar refractivity (Wildman–Crippen MR) is 92.1 cm³/mol. The van der Waals surface area contributed by atoms with Crippen LogP contribution in [0.5, 0.6) is 0 Å². The Bertz CT molecular complexity index is 544. The van der Waals surface area contributed by atoms with Crippen molar-refractivity contribution in [2.75, 3.05) is 7.05 Å². The van der Waals surface area contributed by atoms with Gasteiger partial charge in [0.2, 0.25) is 0 Å². The molecule has 1 aromatic rings. The zero-order valence-electron chi connectivity index (χ0n) is 14.1. The average Bonchev–Trinajstić information content (AvgIpc) is 2.46. The molecule has 0 saturated heterocycles. The Labute approximate surface area is 145 Å². The fourth-order valence-corrected chi connectivity index (χ4v) is 3.08. The summed E-state index contributed by atoms with van der Waals surface area (Å²) in [4.78, 5) is 14.0. The van der Waals surface area contributed by atoms with Crippen molar-refractivity contribution in [1.82, 2.24) is 15.1 Å². The van der Waals surface area contributed by atoms with Crippen LogP contribution < -0.4 is 5.73 Å². The summed E-state index contributed by atoms with van der Waals surface area (Å²) < 4.78 is 6.16. The molecule has 1 aliphatic carbocycles. The Morgan fingerprint density at radius 1 is 1.35 bits per heavy atom. The molecule has 0 aliphatic heterocycles. The number of hydrogen-bond acceptors (Lipinski definition) is 5. The Morgan fingerprint density at radius 3 is 2.61 bits per heavy atom. The van der Waals surface area contributed by atoms with Crippen molar-refractivity contribution < 1.29 is 9.53 Å². The lowest BCUT2D eigenvalue weighted by Gasteiger charge is -2.38. The minimum absolute atomic E-state index is 0.0359. The van der Waals surface area contributed by atoms with E-state index in [-0.39, 0.29) is 24.1 Å². The molecule has 1 aliphatic rings. The van der Waals surface area contributed by atoms with E-state index in [9.17, 15) is 4.79 Å². The molecule has 0 spiro atoms. The third-order valence-electron chi connectivity index (χ3n) is 4.14. The average molecular weight is 385 g/mol. The van der Waals surface area contributed by atoms with E-state index in [0.29, 0.717) is 4.60 Å². The Balaban J connectivity index is 2.07. The summed E-state index contributed by atoms with van der Waals surface area (Å²) in [5.74, 6) is 0.0965. The van der Waals surface area contributed by atoms with E-state index in [2.05, 4.69) is 26.1 Å². The highest BCUT2D eigenvalue weighted by molar-refractivity contribution is 9.10. The third-order valence-corrected chi connectivity index (χ3v) is 4.56. The fraction of sp³-hybridized carbons (Fsp3) is 0.688. The van der Waals surface area contributed by atoms with Crippen LogP contribution in [0.3, 0.4) is 0 Å². The van der Waals surface area contributed by atoms with E-state index in [1.165, 1.54) is 0 Å². The number of rotatable bonds is 2. The summed E-state index contributed by atoms with van der Waals surface area (Å²) in [5, 5.41) is 8.29. The molecule has 1 saturated carbocycles. The minimum atomic E-state index is -0.493. The molecule has 0 bridgehead atoms. The summed E-state index contributed by atoms with van der Waals surface area (Å²) in [6.45, 7) is 5.61. The highest BCUT2D eigenvalue weighted by Crippen LogP contribution is 2.33. The monoisotopic (exact) mass is 384 g/mol. The highest BCUT2D eigenvalue weighted by atomic mass is 79.9. The standard InChI is InChI=1S/C16H25BrN4O2/c1-16(2,3)23-15(22)21(4)10-5-6-12(18)11(9-10)13-7-8-14(17)20-19-13/h7-8,10-12H,5-6,9,18H2,1-4H3. The van der Waals surface area contributed by atoms with E-state index >= 15 is 0 Å². The number of carbonyl (C=O) groups is 1. The molecule has 0 radical (unpaired) electrons. The summed E-state index contributed by atoms with van der Waals surface area (Å²) in [5.41, 5.74) is 6.66. The van der Waals surface area contributed by atoms with E-state index in [1.807, 2.05) is 32.9 Å². The normalized spacial score (nSPS) is 25.0. The lowest BCUT2D eigenvalue weighted by atomic mass is 9.79. The van der Waals surface area contributed by atoms with Crippen molar-refractivity contribution >= 4 is 22.0 Å². The van der Waals surface area contributed by atoms with Crippen LogP contribution >= 0.6 is 15.9 Å². The molecule has 23 heavy (non-hydrogen) atoms. The van der Waals surface area contributed by atoms with Gasteiger partial charge in [-0.05, 0) is 68.1 Å². The van der Waals surface area contributed by atoms with Crippen molar-refractivity contribution in [2.24, 2.45) is 5.73 Å². The molecule has 2 rings (SSSR count). The van der Waals surface area contributed by atoms with E-state index in [4.69, 9.17) is 10.5 Å². The van der Waals surface area contributed by atoms with Crippen LogP contribution in [0.25, 0.3) is 0 Å². The van der Waals surface area contributed by atoms with Gasteiger partial charge in [-0.25, -0.2) is 4.79 Å². The first-order valence-corrected chi connectivity index (χ1v) is 8.67. The Kier molecular flexibility index (Phi) is 5.62. The second kappa shape index (κ2) is 7.13. The van der Waals surface area contributed by atoms with Gasteiger partial charge in [0.1, 0.15) is 10.2 Å². The summed E-state index contributed by atoms with van der Waals surface area (Å²) in [6, 6.07) is 3.95. The minimum Gasteiger partial charge on any atom is -0.444 e. The molecule has 1 amide bonds. The lowest BCUT2D eigenvalue weighted by Crippen LogP contribution is -2.46. The molecule has 1 heterocycles. The zero-order chi connectivity index (χ0) is 17.2. The van der Waals surface area contributed by atoms with Crippen LogP contribution in [-0.4, -0.2) is 45.9 Å². The number of ether oxygens (including phenoxy) is 1. The molecule has 6 nitrogen and oxygen atoms in total. The summed E-state index contributed by atoms with van der Waals surface area (Å²) >= 11 is 3.29. The highest BCUT2D eigenvalue weighted by Gasteiger charge is 2.35. The van der Waals surface area contributed by atoms with Crippen LogP contribution in [0.1, 0.15) is 51.6 Å². The maximum Gasteiger partial charge on any atom is 0.410 e. The Morgan fingerprint density at radius 2 is 2.04 bits per heavy atom. The van der Waals surface area contributed by atoms with E-state index < -0.39 is 5.60 Å². The summed E-state index contributed by atoms with van der Waals surface area (Å²) in [7, 11) is 1.79. The molecular weight excluding hydrogens is 360 g/mol. The molecular formula is C16H25BrN4O2. The number of halogens is 1. The molecule has 0 aromatic carbocycles. The largest absolute Gasteiger partial charge is 0.444 e. The molecule has 1 fully saturated rings. The predicted octanol–water partition coefficient (Wildman–Crippen LogP) is 3.07. The zero-order valence-corrected chi connectivity index (χ0v) is 15.7. The maximum atomic E-state index is 12.3. The number of carbonyl (C=O) groups excluding carboxylic acids is 1. The van der Waals surface area contributed by atoms with Crippen LogP contribution in [-0.2, 0) is 4.74 Å². The lowest BCUT2D eigenvalue weighted by molar-refractivity contribution is 0.0172. The quantitative estimate of drug-likeness (QED) is 0.846. The van der Waals surface area contributed by atoms with Gasteiger partial charge in [0.15, 0.2) is 0 Å². The van der Waals surface area contributed by atoms with Gasteiger partial charge in [-0.3, -0.25) is 0 Å². The molecule has 7 heteroatoms. The van der Waals surface area contributed by atoms with Gasteiger partial charge in [-0.15, -0.1) is 5.10 Å². The number of nitrogens with zero attached hydrogens (tertiary/aromatic N) is 3. The second-order valence-corrected chi connectivity index (χ2v) is 7.92. The van der Waals surface area contributed by atoms with E-state index in [1.54, 1.807) is 11.9 Å². The van der Waals surface area contributed by atoms with Gasteiger partial charge in [-0.2, -0.15) is 5.10 Å². The first-order chi connectivity index (χ1) is 10.7. The first-order valence-electron chi connectivity index (χ1n) is 7.88. The SMILES string of the molecule is CN(C(=O)OC(C)(C)C)C1CCC(N)C(c2ccc(Br)nn2)C1. The second-order valence-electron chi connectivity index (χ2n) is 7.11. The molecule has 3 atom stereocenters. The first kappa shape index (κ1) is 18.1. The number of aromatic nitrogens is 2. The van der Waals surface area contributed by atoms with Crippen LogP contribution in [0.15, 0.2) is 16.7 Å². The number of amides is 1. The van der Waals surface area contributed by atoms with Crippen LogP contribution in [0.2, 0.25) is 0 Å². The number of hydrogen-bond donors (Lipinski definition) is 1. The van der Waals surface area contributed by atoms with Gasteiger partial charge in [0, 0.05) is 25.0 Å². The van der Waals surface area contributed by atoms with Crippen molar-refractivity contribution in [2.45, 2.75) is 63.6 Å². The number of nitrogens with two attached hydrogens (primary N) is 1. The van der Waals surface area contributed by atoms with E-state index in [0.717, 1.165) is 25.0 Å². The summed E-state index contributed by atoms with van der Waals surface area (Å²) in [6.07, 6.45) is 2.20. The molecule has 128 valence electrons. The van der Waals surface area contributed by atoms with Gasteiger partial charge in [0.05, 0.1) is 5.69 Å². The van der Waals surface area contributed by atoms with Gasteiger partial charge >= 0.3 is 6.09 Å².